The minimum atomic E-state index is -0.139. The highest BCUT2D eigenvalue weighted by Gasteiger charge is 2.27. The maximum absolute atomic E-state index is 14.0. The van der Waals surface area contributed by atoms with Crippen molar-refractivity contribution in [1.29, 1.82) is 0 Å². The van der Waals surface area contributed by atoms with Crippen molar-refractivity contribution < 1.29 is 4.39 Å². The number of rotatable bonds is 3. The number of aryl methyl sites for hydroxylation is 1. The lowest BCUT2D eigenvalue weighted by Crippen LogP contribution is -2.27. The van der Waals surface area contributed by atoms with Crippen molar-refractivity contribution in [1.82, 2.24) is 0 Å². The zero-order valence-corrected chi connectivity index (χ0v) is 11.5. The molecule has 0 amide bonds. The van der Waals surface area contributed by atoms with Gasteiger partial charge >= 0.3 is 0 Å². The molecule has 0 spiro atoms. The van der Waals surface area contributed by atoms with Gasteiger partial charge in [-0.3, -0.25) is 0 Å². The van der Waals surface area contributed by atoms with Crippen LogP contribution in [0.4, 0.5) is 4.39 Å². The zero-order chi connectivity index (χ0) is 13.1. The van der Waals surface area contributed by atoms with E-state index in [0.717, 1.165) is 24.3 Å². The van der Waals surface area contributed by atoms with Crippen LogP contribution in [0.1, 0.15) is 56.2 Å². The molecule has 1 aliphatic carbocycles. The molecule has 0 bridgehead atoms. The second kappa shape index (κ2) is 5.83. The normalized spacial score (nSPS) is 26.0. The van der Waals surface area contributed by atoms with E-state index in [-0.39, 0.29) is 11.9 Å². The Bertz CT molecular complexity index is 402. The van der Waals surface area contributed by atoms with Crippen LogP contribution >= 0.6 is 0 Å². The molecule has 0 heterocycles. The van der Waals surface area contributed by atoms with Gasteiger partial charge in [-0.2, -0.15) is 0 Å². The molecule has 1 fully saturated rings. The Balaban J connectivity index is 2.12. The van der Waals surface area contributed by atoms with Crippen LogP contribution in [0.2, 0.25) is 0 Å². The second-order valence-corrected chi connectivity index (χ2v) is 5.75. The molecule has 2 N–H and O–H groups in total. The Kier molecular flexibility index (Phi) is 4.39. The molecular weight excluding hydrogens is 225 g/mol. The minimum Gasteiger partial charge on any atom is -0.324 e. The van der Waals surface area contributed by atoms with Crippen LogP contribution in [0.3, 0.4) is 0 Å². The molecule has 1 nitrogen and oxygen atoms in total. The van der Waals surface area contributed by atoms with Crippen LogP contribution < -0.4 is 5.73 Å². The van der Waals surface area contributed by atoms with Crippen molar-refractivity contribution in [3.8, 4) is 0 Å². The van der Waals surface area contributed by atoms with Crippen LogP contribution in [0.5, 0.6) is 0 Å². The molecule has 3 unspecified atom stereocenters. The first-order chi connectivity index (χ1) is 8.61. The topological polar surface area (TPSA) is 26.0 Å². The fourth-order valence-corrected chi connectivity index (χ4v) is 3.19. The molecule has 1 aromatic rings. The molecule has 1 saturated carbocycles. The Morgan fingerprint density at radius 2 is 2.17 bits per heavy atom. The van der Waals surface area contributed by atoms with E-state index in [1.54, 1.807) is 6.07 Å². The van der Waals surface area contributed by atoms with E-state index < -0.39 is 0 Å². The van der Waals surface area contributed by atoms with Crippen LogP contribution in [0.15, 0.2) is 18.2 Å². The maximum Gasteiger partial charge on any atom is 0.128 e. The van der Waals surface area contributed by atoms with E-state index in [1.165, 1.54) is 19.3 Å². The van der Waals surface area contributed by atoms with Crippen molar-refractivity contribution in [3.63, 3.8) is 0 Å². The van der Waals surface area contributed by atoms with Gasteiger partial charge in [-0.15, -0.1) is 0 Å². The summed E-state index contributed by atoms with van der Waals surface area (Å²) in [6.45, 7) is 4.15. The first-order valence-electron chi connectivity index (χ1n) is 7.13. The fourth-order valence-electron chi connectivity index (χ4n) is 3.19. The second-order valence-electron chi connectivity index (χ2n) is 5.75. The lowest BCUT2D eigenvalue weighted by Gasteiger charge is -2.32. The largest absolute Gasteiger partial charge is 0.324 e. The molecular formula is C16H24FN. The van der Waals surface area contributed by atoms with Gasteiger partial charge in [0.2, 0.25) is 0 Å². The number of nitrogens with two attached hydrogens (primary N) is 1. The van der Waals surface area contributed by atoms with Gasteiger partial charge in [0.25, 0.3) is 0 Å². The molecule has 2 rings (SSSR count). The third kappa shape index (κ3) is 2.92. The molecule has 0 saturated heterocycles. The summed E-state index contributed by atoms with van der Waals surface area (Å²) >= 11 is 0. The van der Waals surface area contributed by atoms with Crippen LogP contribution in [-0.4, -0.2) is 0 Å². The Morgan fingerprint density at radius 3 is 2.83 bits per heavy atom. The van der Waals surface area contributed by atoms with E-state index in [9.17, 15) is 4.39 Å². The summed E-state index contributed by atoms with van der Waals surface area (Å²) in [6, 6.07) is 5.28. The van der Waals surface area contributed by atoms with E-state index >= 15 is 0 Å². The fraction of sp³-hybridized carbons (Fsp3) is 0.625. The highest BCUT2D eigenvalue weighted by molar-refractivity contribution is 5.26. The van der Waals surface area contributed by atoms with Crippen LogP contribution in [0, 0.1) is 24.6 Å². The quantitative estimate of drug-likeness (QED) is 0.846. The van der Waals surface area contributed by atoms with Gasteiger partial charge < -0.3 is 5.73 Å². The van der Waals surface area contributed by atoms with Gasteiger partial charge in [0, 0.05) is 11.6 Å². The first-order valence-corrected chi connectivity index (χ1v) is 7.13. The molecule has 0 aliphatic heterocycles. The summed E-state index contributed by atoms with van der Waals surface area (Å²) < 4.78 is 14.0. The smallest absolute Gasteiger partial charge is 0.128 e. The van der Waals surface area contributed by atoms with Gasteiger partial charge in [0.05, 0.1) is 0 Å². The molecule has 18 heavy (non-hydrogen) atoms. The van der Waals surface area contributed by atoms with Crippen molar-refractivity contribution in [3.05, 3.63) is 35.1 Å². The maximum atomic E-state index is 14.0. The van der Waals surface area contributed by atoms with Gasteiger partial charge in [-0.1, -0.05) is 38.3 Å². The molecule has 1 aliphatic rings. The minimum absolute atomic E-state index is 0.138. The van der Waals surface area contributed by atoms with Gasteiger partial charge in [0.1, 0.15) is 5.82 Å². The average molecular weight is 249 g/mol. The highest BCUT2D eigenvalue weighted by Crippen LogP contribution is 2.37. The molecule has 100 valence electrons. The van der Waals surface area contributed by atoms with Gasteiger partial charge in [0.15, 0.2) is 0 Å². The Morgan fingerprint density at radius 1 is 1.39 bits per heavy atom. The van der Waals surface area contributed by atoms with Gasteiger partial charge in [-0.25, -0.2) is 4.39 Å². The highest BCUT2D eigenvalue weighted by atomic mass is 19.1. The molecule has 2 heteroatoms. The summed E-state index contributed by atoms with van der Waals surface area (Å²) in [6.07, 6.45) is 6.08. The summed E-state index contributed by atoms with van der Waals surface area (Å²) in [5, 5.41) is 0. The van der Waals surface area contributed by atoms with Crippen LogP contribution in [-0.2, 0) is 0 Å². The monoisotopic (exact) mass is 249 g/mol. The lowest BCUT2D eigenvalue weighted by atomic mass is 9.75. The van der Waals surface area contributed by atoms with E-state index in [0.29, 0.717) is 11.5 Å². The lowest BCUT2D eigenvalue weighted by molar-refractivity contribution is 0.228. The molecule has 0 radical (unpaired) electrons. The molecule has 3 atom stereocenters. The zero-order valence-electron chi connectivity index (χ0n) is 11.5. The number of halogens is 1. The van der Waals surface area contributed by atoms with Crippen molar-refractivity contribution in [2.24, 2.45) is 17.6 Å². The SMILES string of the molecule is CCC1CCCC(C(N)c2ccc(C)cc2F)C1. The predicted molar refractivity (Wildman–Crippen MR) is 73.8 cm³/mol. The third-order valence-electron chi connectivity index (χ3n) is 4.42. The van der Waals surface area contributed by atoms with E-state index in [4.69, 9.17) is 5.73 Å². The molecule has 0 aromatic heterocycles. The van der Waals surface area contributed by atoms with Gasteiger partial charge in [-0.05, 0) is 43.2 Å². The average Bonchev–Trinajstić information content (AvgIpc) is 2.38. The third-order valence-corrected chi connectivity index (χ3v) is 4.42. The Hall–Kier alpha value is -0.890. The van der Waals surface area contributed by atoms with E-state index in [1.807, 2.05) is 19.1 Å². The van der Waals surface area contributed by atoms with Crippen molar-refractivity contribution >= 4 is 0 Å². The number of benzene rings is 1. The summed E-state index contributed by atoms with van der Waals surface area (Å²) in [7, 11) is 0. The van der Waals surface area contributed by atoms with E-state index in [2.05, 4.69) is 6.92 Å². The van der Waals surface area contributed by atoms with Crippen LogP contribution in [0.25, 0.3) is 0 Å². The Labute approximate surface area is 110 Å². The number of hydrogen-bond donors (Lipinski definition) is 1. The standard InChI is InChI=1S/C16H24FN/c1-3-12-5-4-6-13(10-12)16(18)14-8-7-11(2)9-15(14)17/h7-9,12-13,16H,3-6,10,18H2,1-2H3. The van der Waals surface area contributed by atoms with Crippen molar-refractivity contribution in [2.75, 3.05) is 0 Å². The summed E-state index contributed by atoms with van der Waals surface area (Å²) in [5.74, 6) is 1.09. The number of hydrogen-bond acceptors (Lipinski definition) is 1. The summed E-state index contributed by atoms with van der Waals surface area (Å²) in [5.41, 5.74) is 7.95. The summed E-state index contributed by atoms with van der Waals surface area (Å²) in [4.78, 5) is 0. The molecule has 1 aromatic carbocycles. The predicted octanol–water partition coefficient (Wildman–Crippen LogP) is 4.35. The first kappa shape index (κ1) is 13.5. The van der Waals surface area contributed by atoms with Crippen molar-refractivity contribution in [2.45, 2.75) is 52.0 Å².